The molecule has 4 N–H and O–H groups in total. The number of nitrogens with zero attached hydrogens (tertiary/aromatic N) is 2. The van der Waals surface area contributed by atoms with Gasteiger partial charge in [-0.05, 0) is 74.0 Å². The van der Waals surface area contributed by atoms with Crippen LogP contribution >= 0.6 is 0 Å². The van der Waals surface area contributed by atoms with Crippen LogP contribution in [0.4, 0.5) is 10.5 Å². The average molecular weight is 572 g/mol. The maximum absolute atomic E-state index is 12.3. The Labute approximate surface area is 240 Å². The fourth-order valence-electron chi connectivity index (χ4n) is 4.51. The van der Waals surface area contributed by atoms with Crippen molar-refractivity contribution in [3.8, 4) is 5.75 Å². The Bertz CT molecular complexity index is 1140. The zero-order valence-corrected chi connectivity index (χ0v) is 23.6. The summed E-state index contributed by atoms with van der Waals surface area (Å²) in [5.41, 5.74) is 2.62. The molecule has 1 atom stereocenters. The van der Waals surface area contributed by atoms with Crippen LogP contribution in [0.5, 0.6) is 5.75 Å². The third kappa shape index (κ3) is 10.1. The second kappa shape index (κ2) is 16.7. The number of aryl methyl sites for hydroxylation is 1. The molecule has 0 bridgehead atoms. The van der Waals surface area contributed by atoms with E-state index in [1.165, 1.54) is 13.0 Å². The molecule has 3 amide bonds. The molecule has 0 saturated carbocycles. The van der Waals surface area contributed by atoms with Gasteiger partial charge in [0.05, 0.1) is 18.4 Å². The molecule has 1 heterocycles. The monoisotopic (exact) mass is 571 g/mol. The molecule has 2 aromatic carbocycles. The number of benzene rings is 2. The summed E-state index contributed by atoms with van der Waals surface area (Å²) < 4.78 is 5.75. The number of ether oxygens (including phenoxy) is 1. The molecule has 224 valence electrons. The number of nitrogens with one attached hydrogen (secondary N) is 1. The minimum Gasteiger partial charge on any atom is -0.508 e. The van der Waals surface area contributed by atoms with Crippen LogP contribution in [0.15, 0.2) is 42.5 Å². The number of urea groups is 1. The SMILES string of the molecule is CC(=O)ON1CC(=O)N(c2ccc(CCCCOCCCCCCNC[C@@H](O)c3ccc(O)c(CO)c3)cc2)C1=O. The number of phenols is 1. The zero-order chi connectivity index (χ0) is 29.6. The maximum atomic E-state index is 12.3. The number of carbonyl (C=O) groups excluding carboxylic acids is 3. The van der Waals surface area contributed by atoms with Gasteiger partial charge >= 0.3 is 12.0 Å². The molecule has 3 rings (SSSR count). The Kier molecular flexibility index (Phi) is 13.0. The van der Waals surface area contributed by atoms with Gasteiger partial charge in [0, 0.05) is 32.2 Å². The Hall–Kier alpha value is -3.51. The number of aromatic hydroxyl groups is 1. The summed E-state index contributed by atoms with van der Waals surface area (Å²) in [5.74, 6) is -1.08. The molecule has 1 aliphatic rings. The predicted molar refractivity (Wildman–Crippen MR) is 152 cm³/mol. The Morgan fingerprint density at radius 2 is 1.71 bits per heavy atom. The molecule has 1 fully saturated rings. The first kappa shape index (κ1) is 32.0. The van der Waals surface area contributed by atoms with E-state index in [9.17, 15) is 29.7 Å². The van der Waals surface area contributed by atoms with E-state index in [1.54, 1.807) is 24.3 Å². The molecular formula is C30H41N3O8. The van der Waals surface area contributed by atoms with Crippen molar-refractivity contribution in [3.63, 3.8) is 0 Å². The first-order chi connectivity index (χ1) is 19.8. The molecule has 0 aromatic heterocycles. The topological polar surface area (TPSA) is 149 Å². The van der Waals surface area contributed by atoms with Crippen molar-refractivity contribution >= 4 is 23.6 Å². The number of hydrogen-bond acceptors (Lipinski definition) is 9. The van der Waals surface area contributed by atoms with Gasteiger partial charge in [0.2, 0.25) is 0 Å². The molecule has 11 heteroatoms. The first-order valence-electron chi connectivity index (χ1n) is 14.1. The zero-order valence-electron chi connectivity index (χ0n) is 23.6. The molecule has 0 spiro atoms. The number of anilines is 1. The van der Waals surface area contributed by atoms with E-state index in [-0.39, 0.29) is 18.9 Å². The lowest BCUT2D eigenvalue weighted by molar-refractivity contribution is -0.171. The summed E-state index contributed by atoms with van der Waals surface area (Å²) in [4.78, 5) is 41.4. The van der Waals surface area contributed by atoms with Gasteiger partial charge in [-0.3, -0.25) is 9.59 Å². The van der Waals surface area contributed by atoms with Crippen LogP contribution < -0.4 is 10.2 Å². The average Bonchev–Trinajstić information content (AvgIpc) is 3.23. The number of imide groups is 1. The number of carbonyl (C=O) groups is 3. The van der Waals surface area contributed by atoms with Gasteiger partial charge in [-0.25, -0.2) is 9.69 Å². The molecule has 1 saturated heterocycles. The molecule has 0 unspecified atom stereocenters. The normalized spacial score (nSPS) is 14.1. The van der Waals surface area contributed by atoms with Crippen molar-refractivity contribution < 1.29 is 39.3 Å². The standard InChI is InChI=1S/C30H41N3O8/c1-22(35)41-32-20-29(38)33(30(32)39)26-12-9-23(10-13-26)8-4-7-17-40-16-6-3-2-5-15-31-19-28(37)24-11-14-27(36)25(18-24)21-34/h9-14,18,28,31,34,36-37H,2-8,15-17,19-21H2,1H3/t28-/m1/s1. The summed E-state index contributed by atoms with van der Waals surface area (Å²) in [6.07, 6.45) is 6.24. The fraction of sp³-hybridized carbons (Fsp3) is 0.500. The van der Waals surface area contributed by atoms with Gasteiger partial charge in [-0.15, -0.1) is 5.06 Å². The molecule has 2 aromatic rings. The van der Waals surface area contributed by atoms with Crippen LogP contribution in [0.25, 0.3) is 0 Å². The Balaban J connectivity index is 1.17. The summed E-state index contributed by atoms with van der Waals surface area (Å²) in [6.45, 7) is 3.27. The van der Waals surface area contributed by atoms with Crippen molar-refractivity contribution in [2.45, 2.75) is 64.6 Å². The van der Waals surface area contributed by atoms with Crippen LogP contribution in [-0.2, 0) is 32.2 Å². The number of hydrogen-bond donors (Lipinski definition) is 4. The van der Waals surface area contributed by atoms with Crippen LogP contribution in [0.1, 0.15) is 68.2 Å². The second-order valence-corrected chi connectivity index (χ2v) is 10.0. The Morgan fingerprint density at radius 1 is 1.00 bits per heavy atom. The van der Waals surface area contributed by atoms with Crippen molar-refractivity contribution in [1.29, 1.82) is 0 Å². The van der Waals surface area contributed by atoms with Crippen LogP contribution in [-0.4, -0.2) is 71.1 Å². The van der Waals surface area contributed by atoms with Crippen molar-refractivity contribution in [2.24, 2.45) is 0 Å². The first-order valence-corrected chi connectivity index (χ1v) is 14.1. The van der Waals surface area contributed by atoms with Crippen molar-refractivity contribution in [3.05, 3.63) is 59.2 Å². The molecule has 0 aliphatic carbocycles. The summed E-state index contributed by atoms with van der Waals surface area (Å²) in [6, 6.07) is 11.3. The van der Waals surface area contributed by atoms with Crippen LogP contribution in [0, 0.1) is 0 Å². The predicted octanol–water partition coefficient (Wildman–Crippen LogP) is 3.35. The summed E-state index contributed by atoms with van der Waals surface area (Å²) >= 11 is 0. The molecule has 0 radical (unpaired) electrons. The second-order valence-electron chi connectivity index (χ2n) is 10.0. The number of aliphatic hydroxyl groups is 2. The number of aliphatic hydroxyl groups excluding tert-OH is 2. The highest BCUT2D eigenvalue weighted by Gasteiger charge is 2.39. The number of unbranched alkanes of at least 4 members (excludes halogenated alkanes) is 4. The highest BCUT2D eigenvalue weighted by Crippen LogP contribution is 2.23. The smallest absolute Gasteiger partial charge is 0.365 e. The van der Waals surface area contributed by atoms with Gasteiger partial charge in [0.25, 0.3) is 5.91 Å². The van der Waals surface area contributed by atoms with Gasteiger partial charge in [0.15, 0.2) is 0 Å². The van der Waals surface area contributed by atoms with Gasteiger partial charge < -0.3 is 30.2 Å². The Morgan fingerprint density at radius 3 is 2.41 bits per heavy atom. The molecule has 41 heavy (non-hydrogen) atoms. The van der Waals surface area contributed by atoms with Gasteiger partial charge in [0.1, 0.15) is 12.3 Å². The largest absolute Gasteiger partial charge is 0.508 e. The summed E-state index contributed by atoms with van der Waals surface area (Å²) in [5, 5.41) is 33.1. The van der Waals surface area contributed by atoms with Gasteiger partial charge in [-0.1, -0.05) is 31.0 Å². The maximum Gasteiger partial charge on any atom is 0.365 e. The lowest BCUT2D eigenvalue weighted by Gasteiger charge is -2.15. The van der Waals surface area contributed by atoms with E-state index in [4.69, 9.17) is 9.57 Å². The molecule has 11 nitrogen and oxygen atoms in total. The summed E-state index contributed by atoms with van der Waals surface area (Å²) in [7, 11) is 0. The quantitative estimate of drug-likeness (QED) is 0.156. The highest BCUT2D eigenvalue weighted by molar-refractivity contribution is 6.19. The van der Waals surface area contributed by atoms with E-state index >= 15 is 0 Å². The van der Waals surface area contributed by atoms with Crippen molar-refractivity contribution in [1.82, 2.24) is 10.4 Å². The number of rotatable bonds is 18. The molecule has 1 aliphatic heterocycles. The lowest BCUT2D eigenvalue weighted by Crippen LogP contribution is -2.33. The van der Waals surface area contributed by atoms with Crippen LogP contribution in [0.3, 0.4) is 0 Å². The third-order valence-corrected chi connectivity index (χ3v) is 6.76. The highest BCUT2D eigenvalue weighted by atomic mass is 16.7. The minimum atomic E-state index is -0.693. The van der Waals surface area contributed by atoms with E-state index in [2.05, 4.69) is 5.32 Å². The lowest BCUT2D eigenvalue weighted by atomic mass is 10.1. The van der Waals surface area contributed by atoms with Crippen molar-refractivity contribution in [2.75, 3.05) is 37.7 Å². The van der Waals surface area contributed by atoms with E-state index in [0.717, 1.165) is 73.6 Å². The van der Waals surface area contributed by atoms with E-state index < -0.39 is 24.0 Å². The minimum absolute atomic E-state index is 0.0261. The molecular weight excluding hydrogens is 530 g/mol. The fourth-order valence-corrected chi connectivity index (χ4v) is 4.51. The number of hydroxylamine groups is 2. The van der Waals surface area contributed by atoms with E-state index in [0.29, 0.717) is 30.0 Å². The van der Waals surface area contributed by atoms with Crippen LogP contribution in [0.2, 0.25) is 0 Å². The van der Waals surface area contributed by atoms with E-state index in [1.807, 2.05) is 12.1 Å². The number of amides is 3. The van der Waals surface area contributed by atoms with Gasteiger partial charge in [-0.2, -0.15) is 0 Å². The third-order valence-electron chi connectivity index (χ3n) is 6.76.